The van der Waals surface area contributed by atoms with Crippen molar-refractivity contribution in [2.45, 2.75) is 16.5 Å². The molecule has 2 aromatic heterocycles. The quantitative estimate of drug-likeness (QED) is 0.575. The van der Waals surface area contributed by atoms with Gasteiger partial charge in [0, 0.05) is 13.1 Å². The zero-order valence-electron chi connectivity index (χ0n) is 15.4. The summed E-state index contributed by atoms with van der Waals surface area (Å²) in [5, 5.41) is 3.38. The van der Waals surface area contributed by atoms with E-state index in [4.69, 9.17) is 9.47 Å². The van der Waals surface area contributed by atoms with Gasteiger partial charge in [0.25, 0.3) is 10.0 Å². The van der Waals surface area contributed by atoms with Gasteiger partial charge in [-0.1, -0.05) is 17.3 Å². The van der Waals surface area contributed by atoms with Crippen LogP contribution in [0.3, 0.4) is 0 Å². The first-order valence-corrected chi connectivity index (χ1v) is 10.9. The molecule has 0 amide bonds. The van der Waals surface area contributed by atoms with Crippen molar-refractivity contribution in [2.24, 2.45) is 0 Å². The zero-order valence-corrected chi connectivity index (χ0v) is 17.1. The molecule has 0 unspecified atom stereocenters. The third kappa shape index (κ3) is 4.02. The van der Waals surface area contributed by atoms with Crippen molar-refractivity contribution in [1.82, 2.24) is 9.46 Å². The molecule has 7 nitrogen and oxygen atoms in total. The monoisotopic (exact) mass is 460 g/mol. The lowest BCUT2D eigenvalue weighted by Crippen LogP contribution is -2.41. The Morgan fingerprint density at radius 1 is 1.20 bits per heavy atom. The van der Waals surface area contributed by atoms with Crippen molar-refractivity contribution in [3.05, 3.63) is 48.2 Å². The van der Waals surface area contributed by atoms with Crippen molar-refractivity contribution in [3.8, 4) is 22.1 Å². The molecule has 1 aliphatic rings. The predicted molar refractivity (Wildman–Crippen MR) is 101 cm³/mol. The highest BCUT2D eigenvalue weighted by molar-refractivity contribution is 7.91. The molecule has 0 bridgehead atoms. The molecule has 0 fully saturated rings. The molecule has 0 saturated heterocycles. The van der Waals surface area contributed by atoms with Crippen LogP contribution in [0.1, 0.15) is 5.76 Å². The fourth-order valence-corrected chi connectivity index (χ4v) is 5.48. The third-order valence-corrected chi connectivity index (χ3v) is 7.71. The van der Waals surface area contributed by atoms with Crippen molar-refractivity contribution in [1.29, 1.82) is 0 Å². The smallest absolute Gasteiger partial charge is 0.452 e. The van der Waals surface area contributed by atoms with Crippen molar-refractivity contribution in [3.63, 3.8) is 0 Å². The first kappa shape index (κ1) is 20.7. The number of para-hydroxylation sites is 2. The number of fused-ring (bicyclic) bond motifs is 1. The SMILES string of the molecule is CN(C[C@@H]1COc2ccccc2O1)S(=O)(=O)c1ccc(-c2cc(C(F)(F)F)on2)s1. The highest BCUT2D eigenvalue weighted by atomic mass is 32.2. The molecule has 0 saturated carbocycles. The summed E-state index contributed by atoms with van der Waals surface area (Å²) in [5.41, 5.74) is -0.0861. The molecule has 160 valence electrons. The Kier molecular flexibility index (Phi) is 5.24. The summed E-state index contributed by atoms with van der Waals surface area (Å²) in [5.74, 6) is -0.125. The maximum absolute atomic E-state index is 12.9. The van der Waals surface area contributed by atoms with E-state index in [9.17, 15) is 21.6 Å². The first-order chi connectivity index (χ1) is 14.1. The standard InChI is InChI=1S/C18H15F3N2O5S2/c1-23(9-11-10-26-13-4-2-3-5-14(13)27-11)30(24,25)17-7-6-15(29-17)12-8-16(28-22-12)18(19,20)21/h2-8,11H,9-10H2,1H3/t11-/m1/s1. The Morgan fingerprint density at radius 2 is 1.93 bits per heavy atom. The summed E-state index contributed by atoms with van der Waals surface area (Å²) >= 11 is 0.804. The van der Waals surface area contributed by atoms with Gasteiger partial charge in [0.15, 0.2) is 11.5 Å². The number of nitrogens with zero attached hydrogens (tertiary/aromatic N) is 2. The van der Waals surface area contributed by atoms with Crippen LogP contribution in [0.4, 0.5) is 13.2 Å². The number of hydrogen-bond acceptors (Lipinski definition) is 7. The average molecular weight is 460 g/mol. The molecular weight excluding hydrogens is 445 g/mol. The Morgan fingerprint density at radius 3 is 2.63 bits per heavy atom. The summed E-state index contributed by atoms with van der Waals surface area (Å²) in [6, 6.07) is 10.5. The van der Waals surface area contributed by atoms with Gasteiger partial charge in [-0.05, 0) is 24.3 Å². The van der Waals surface area contributed by atoms with Crippen molar-refractivity contribution in [2.75, 3.05) is 20.2 Å². The summed E-state index contributed by atoms with van der Waals surface area (Å²) in [7, 11) is -2.49. The molecule has 0 N–H and O–H groups in total. The highest BCUT2D eigenvalue weighted by Gasteiger charge is 2.36. The second-order valence-corrected chi connectivity index (χ2v) is 9.83. The Bertz CT molecular complexity index is 1160. The van der Waals surface area contributed by atoms with Crippen LogP contribution in [0.25, 0.3) is 10.6 Å². The summed E-state index contributed by atoms with van der Waals surface area (Å²) in [6.07, 6.45) is -5.18. The van der Waals surface area contributed by atoms with Gasteiger partial charge in [-0.3, -0.25) is 0 Å². The number of alkyl halides is 3. The molecular formula is C18H15F3N2O5S2. The van der Waals surface area contributed by atoms with Gasteiger partial charge in [0.05, 0.1) is 11.4 Å². The van der Waals surface area contributed by atoms with E-state index in [2.05, 4.69) is 9.68 Å². The maximum atomic E-state index is 12.9. The molecule has 3 heterocycles. The Balaban J connectivity index is 1.48. The summed E-state index contributed by atoms with van der Waals surface area (Å²) in [4.78, 5) is 0.243. The molecule has 1 aromatic carbocycles. The van der Waals surface area contributed by atoms with Crippen LogP contribution < -0.4 is 9.47 Å². The summed E-state index contributed by atoms with van der Waals surface area (Å²) < 4.78 is 80.5. The molecule has 1 atom stereocenters. The molecule has 4 rings (SSSR count). The Hall–Kier alpha value is -2.57. The van der Waals surface area contributed by atoms with Gasteiger partial charge in [0.1, 0.15) is 22.6 Å². The van der Waals surface area contributed by atoms with Crippen LogP contribution in [0.2, 0.25) is 0 Å². The number of aromatic nitrogens is 1. The number of benzene rings is 1. The lowest BCUT2D eigenvalue weighted by atomic mass is 10.2. The average Bonchev–Trinajstić information content (AvgIpc) is 3.37. The Labute approximate surface area is 173 Å². The van der Waals surface area contributed by atoms with Crippen molar-refractivity contribution < 1.29 is 35.6 Å². The second kappa shape index (κ2) is 7.60. The molecule has 0 radical (unpaired) electrons. The van der Waals surface area contributed by atoms with E-state index in [0.717, 1.165) is 21.7 Å². The maximum Gasteiger partial charge on any atom is 0.452 e. The fourth-order valence-electron chi connectivity index (χ4n) is 2.81. The van der Waals surface area contributed by atoms with Gasteiger partial charge in [-0.25, -0.2) is 8.42 Å². The topological polar surface area (TPSA) is 81.9 Å². The minimum atomic E-state index is -4.67. The van der Waals surface area contributed by atoms with Gasteiger partial charge >= 0.3 is 6.18 Å². The fraction of sp³-hybridized carbons (Fsp3) is 0.278. The van der Waals surface area contributed by atoms with E-state index in [1.807, 2.05) is 0 Å². The van der Waals surface area contributed by atoms with Crippen LogP contribution in [0, 0.1) is 0 Å². The number of hydrogen-bond donors (Lipinski definition) is 0. The highest BCUT2D eigenvalue weighted by Crippen LogP contribution is 2.36. The molecule has 1 aliphatic heterocycles. The third-order valence-electron chi connectivity index (χ3n) is 4.32. The minimum Gasteiger partial charge on any atom is -0.486 e. The molecule has 0 aliphatic carbocycles. The number of sulfonamides is 1. The molecule has 3 aromatic rings. The van der Waals surface area contributed by atoms with E-state index in [1.54, 1.807) is 24.3 Å². The van der Waals surface area contributed by atoms with Crippen LogP contribution in [0.5, 0.6) is 11.5 Å². The van der Waals surface area contributed by atoms with Gasteiger partial charge in [-0.15, -0.1) is 11.3 Å². The number of ether oxygens (including phenoxy) is 2. The van der Waals surface area contributed by atoms with Gasteiger partial charge in [0.2, 0.25) is 5.76 Å². The van der Waals surface area contributed by atoms with Crippen LogP contribution >= 0.6 is 11.3 Å². The summed E-state index contributed by atoms with van der Waals surface area (Å²) in [6.45, 7) is 0.220. The van der Waals surface area contributed by atoms with Crippen LogP contribution in [-0.2, 0) is 16.2 Å². The molecule has 12 heteroatoms. The zero-order chi connectivity index (χ0) is 21.5. The molecule has 30 heavy (non-hydrogen) atoms. The minimum absolute atomic E-state index is 0.0336. The lowest BCUT2D eigenvalue weighted by molar-refractivity contribution is -0.155. The number of rotatable bonds is 5. The second-order valence-electron chi connectivity index (χ2n) is 6.48. The normalized spacial score (nSPS) is 16.8. The van der Waals surface area contributed by atoms with E-state index < -0.39 is 28.1 Å². The number of halogens is 3. The lowest BCUT2D eigenvalue weighted by Gasteiger charge is -2.29. The van der Waals surface area contributed by atoms with Crippen LogP contribution in [-0.4, -0.2) is 44.2 Å². The number of thiophene rings is 1. The van der Waals surface area contributed by atoms with E-state index in [1.165, 1.54) is 19.2 Å². The van der Waals surface area contributed by atoms with Gasteiger partial charge < -0.3 is 14.0 Å². The number of likely N-dealkylation sites (N-methyl/N-ethyl adjacent to an activating group) is 1. The van der Waals surface area contributed by atoms with Crippen LogP contribution in [0.15, 0.2) is 51.2 Å². The van der Waals surface area contributed by atoms with E-state index in [0.29, 0.717) is 11.5 Å². The van der Waals surface area contributed by atoms with Gasteiger partial charge in [-0.2, -0.15) is 17.5 Å². The molecule has 0 spiro atoms. The predicted octanol–water partition coefficient (Wildman–Crippen LogP) is 3.88. The van der Waals surface area contributed by atoms with E-state index >= 15 is 0 Å². The largest absolute Gasteiger partial charge is 0.486 e. The first-order valence-electron chi connectivity index (χ1n) is 8.63. The van der Waals surface area contributed by atoms with E-state index in [-0.39, 0.29) is 27.9 Å². The van der Waals surface area contributed by atoms with Crippen molar-refractivity contribution >= 4 is 21.4 Å².